The number of hydrogen-bond acceptors (Lipinski definition) is 2. The second kappa shape index (κ2) is 4.71. The number of aryl methyl sites for hydroxylation is 1. The van der Waals surface area contributed by atoms with E-state index in [0.717, 1.165) is 0 Å². The summed E-state index contributed by atoms with van der Waals surface area (Å²) < 4.78 is 15.5. The molecule has 0 saturated carbocycles. The van der Waals surface area contributed by atoms with Gasteiger partial charge in [0.05, 0.1) is 6.54 Å². The highest BCUT2D eigenvalue weighted by molar-refractivity contribution is 6.30. The first-order valence-corrected chi connectivity index (χ1v) is 5.64. The van der Waals surface area contributed by atoms with Crippen molar-refractivity contribution >= 4 is 17.4 Å². The highest BCUT2D eigenvalue weighted by atomic mass is 35.5. The summed E-state index contributed by atoms with van der Waals surface area (Å²) in [5.41, 5.74) is 6.64. The summed E-state index contributed by atoms with van der Waals surface area (Å²) in [4.78, 5) is 4.25. The van der Waals surface area contributed by atoms with Crippen LogP contribution in [0.25, 0.3) is 11.3 Å². The zero-order valence-electron chi connectivity index (χ0n) is 9.74. The molecule has 0 saturated heterocycles. The van der Waals surface area contributed by atoms with Crippen molar-refractivity contribution in [1.29, 1.82) is 0 Å². The van der Waals surface area contributed by atoms with Crippen LogP contribution in [-0.4, -0.2) is 9.55 Å². The molecule has 92 valence electrons. The minimum atomic E-state index is -0.459. The van der Waals surface area contributed by atoms with E-state index < -0.39 is 5.82 Å². The maximum absolute atomic E-state index is 13.8. The Morgan fingerprint density at radius 1 is 1.56 bits per heavy atom. The van der Waals surface area contributed by atoms with Gasteiger partial charge in [0, 0.05) is 10.6 Å². The molecule has 5 heteroatoms. The van der Waals surface area contributed by atoms with Crippen LogP contribution < -0.4 is 5.73 Å². The topological polar surface area (TPSA) is 43.8 Å². The van der Waals surface area contributed by atoms with Crippen molar-refractivity contribution in [2.75, 3.05) is 5.73 Å². The average Bonchev–Trinajstić information content (AvgIpc) is 2.58. The van der Waals surface area contributed by atoms with E-state index >= 15 is 0 Å². The second-order valence-corrected chi connectivity index (χ2v) is 4.24. The van der Waals surface area contributed by atoms with Gasteiger partial charge < -0.3 is 10.3 Å². The van der Waals surface area contributed by atoms with Crippen LogP contribution in [0.3, 0.4) is 0 Å². The van der Waals surface area contributed by atoms with E-state index in [1.165, 1.54) is 6.07 Å². The molecule has 2 rings (SSSR count). The Balaban J connectivity index is 2.58. The largest absolute Gasteiger partial charge is 0.383 e. The molecule has 1 aromatic heterocycles. The molecule has 0 aliphatic heterocycles. The van der Waals surface area contributed by atoms with Gasteiger partial charge in [0.2, 0.25) is 0 Å². The van der Waals surface area contributed by atoms with Gasteiger partial charge in [-0.05, 0) is 25.1 Å². The summed E-state index contributed by atoms with van der Waals surface area (Å²) in [6.45, 7) is 2.07. The zero-order chi connectivity index (χ0) is 13.3. The third-order valence-corrected chi connectivity index (χ3v) is 2.87. The predicted octanol–water partition coefficient (Wildman–Crippen LogP) is 2.87. The average molecular weight is 264 g/mol. The number of nitrogen functional groups attached to an aromatic ring is 1. The molecule has 2 aromatic rings. The lowest BCUT2D eigenvalue weighted by atomic mass is 10.1. The first-order valence-electron chi connectivity index (χ1n) is 5.26. The first kappa shape index (κ1) is 12.5. The summed E-state index contributed by atoms with van der Waals surface area (Å²) in [6.07, 6.45) is 5.25. The highest BCUT2D eigenvalue weighted by Gasteiger charge is 2.16. The number of benzene rings is 1. The number of hydrogen-bond donors (Lipinski definition) is 1. The van der Waals surface area contributed by atoms with Crippen LogP contribution in [0.4, 0.5) is 10.2 Å². The number of halogens is 2. The monoisotopic (exact) mass is 263 g/mol. The zero-order valence-corrected chi connectivity index (χ0v) is 10.5. The standard InChI is InChI=1S/C13H11ClFN3/c1-3-6-18-8(2)17-12(13(18)16)10-5-4-9(14)7-11(10)15/h1,4-5,7H,6,16H2,2H3. The van der Waals surface area contributed by atoms with Crippen molar-refractivity contribution in [3.63, 3.8) is 0 Å². The van der Waals surface area contributed by atoms with E-state index in [2.05, 4.69) is 10.9 Å². The fourth-order valence-corrected chi connectivity index (χ4v) is 1.91. The van der Waals surface area contributed by atoms with E-state index in [1.807, 2.05) is 0 Å². The number of nitrogens with zero attached hydrogens (tertiary/aromatic N) is 2. The fourth-order valence-electron chi connectivity index (χ4n) is 1.75. The second-order valence-electron chi connectivity index (χ2n) is 3.81. The molecule has 0 spiro atoms. The maximum atomic E-state index is 13.8. The van der Waals surface area contributed by atoms with Crippen molar-refractivity contribution in [2.45, 2.75) is 13.5 Å². The number of imidazole rings is 1. The Labute approximate surface area is 109 Å². The Hall–Kier alpha value is -1.99. The number of nitrogens with two attached hydrogens (primary N) is 1. The minimum Gasteiger partial charge on any atom is -0.383 e. The molecular weight excluding hydrogens is 253 g/mol. The Morgan fingerprint density at radius 2 is 2.28 bits per heavy atom. The maximum Gasteiger partial charge on any atom is 0.134 e. The van der Waals surface area contributed by atoms with Crippen LogP contribution in [0, 0.1) is 25.1 Å². The molecule has 0 amide bonds. The molecule has 1 aromatic carbocycles. The van der Waals surface area contributed by atoms with Crippen molar-refractivity contribution in [2.24, 2.45) is 0 Å². The van der Waals surface area contributed by atoms with E-state index in [0.29, 0.717) is 34.5 Å². The van der Waals surface area contributed by atoms with Gasteiger partial charge in [-0.2, -0.15) is 0 Å². The lowest BCUT2D eigenvalue weighted by Gasteiger charge is -2.04. The van der Waals surface area contributed by atoms with Crippen LogP contribution in [0.15, 0.2) is 18.2 Å². The summed E-state index contributed by atoms with van der Waals surface area (Å²) >= 11 is 5.71. The third kappa shape index (κ3) is 2.05. The number of aromatic nitrogens is 2. The van der Waals surface area contributed by atoms with Crippen molar-refractivity contribution < 1.29 is 4.39 Å². The Morgan fingerprint density at radius 3 is 2.89 bits per heavy atom. The van der Waals surface area contributed by atoms with Gasteiger partial charge in [-0.25, -0.2) is 9.37 Å². The lowest BCUT2D eigenvalue weighted by molar-refractivity contribution is 0.631. The van der Waals surface area contributed by atoms with Gasteiger partial charge in [-0.1, -0.05) is 17.5 Å². The van der Waals surface area contributed by atoms with Crippen LogP contribution in [0.1, 0.15) is 5.82 Å². The predicted molar refractivity (Wildman–Crippen MR) is 70.6 cm³/mol. The van der Waals surface area contributed by atoms with Gasteiger partial charge in [0.1, 0.15) is 23.2 Å². The van der Waals surface area contributed by atoms with E-state index in [1.54, 1.807) is 23.6 Å². The van der Waals surface area contributed by atoms with Crippen molar-refractivity contribution in [1.82, 2.24) is 9.55 Å². The number of anilines is 1. The Bertz CT molecular complexity index is 640. The van der Waals surface area contributed by atoms with E-state index in [4.69, 9.17) is 23.8 Å². The number of terminal acetylenes is 1. The summed E-state index contributed by atoms with van der Waals surface area (Å²) in [6, 6.07) is 4.37. The molecule has 0 radical (unpaired) electrons. The van der Waals surface area contributed by atoms with Crippen LogP contribution in [-0.2, 0) is 6.54 Å². The molecule has 0 fully saturated rings. The van der Waals surface area contributed by atoms with Gasteiger partial charge in [-0.3, -0.25) is 0 Å². The molecule has 2 N–H and O–H groups in total. The van der Waals surface area contributed by atoms with Crippen LogP contribution in [0.5, 0.6) is 0 Å². The molecule has 1 heterocycles. The minimum absolute atomic E-state index is 0.305. The summed E-state index contributed by atoms with van der Waals surface area (Å²) in [5, 5.41) is 0.328. The van der Waals surface area contributed by atoms with Gasteiger partial charge in [-0.15, -0.1) is 6.42 Å². The molecule has 0 aliphatic rings. The quantitative estimate of drug-likeness (QED) is 0.847. The van der Waals surface area contributed by atoms with Crippen LogP contribution >= 0.6 is 11.6 Å². The van der Waals surface area contributed by atoms with Crippen molar-refractivity contribution in [3.8, 4) is 23.6 Å². The smallest absolute Gasteiger partial charge is 0.134 e. The lowest BCUT2D eigenvalue weighted by Crippen LogP contribution is -2.03. The Kier molecular flexibility index (Phi) is 3.26. The van der Waals surface area contributed by atoms with E-state index in [9.17, 15) is 4.39 Å². The highest BCUT2D eigenvalue weighted by Crippen LogP contribution is 2.29. The summed E-state index contributed by atoms with van der Waals surface area (Å²) in [5.74, 6) is 3.02. The van der Waals surface area contributed by atoms with Gasteiger partial charge in [0.15, 0.2) is 0 Å². The molecule has 0 aliphatic carbocycles. The number of rotatable bonds is 2. The van der Waals surface area contributed by atoms with Crippen molar-refractivity contribution in [3.05, 3.63) is 34.9 Å². The normalized spacial score (nSPS) is 10.3. The van der Waals surface area contributed by atoms with E-state index in [-0.39, 0.29) is 0 Å². The molecule has 3 nitrogen and oxygen atoms in total. The molecular formula is C13H11ClFN3. The summed E-state index contributed by atoms with van der Waals surface area (Å²) in [7, 11) is 0. The van der Waals surface area contributed by atoms with Crippen LogP contribution in [0.2, 0.25) is 5.02 Å². The fraction of sp³-hybridized carbons (Fsp3) is 0.154. The molecule has 18 heavy (non-hydrogen) atoms. The first-order chi connectivity index (χ1) is 8.54. The SMILES string of the molecule is C#CCn1c(C)nc(-c2ccc(Cl)cc2F)c1N. The third-order valence-electron chi connectivity index (χ3n) is 2.63. The molecule has 0 bridgehead atoms. The molecule has 0 unspecified atom stereocenters. The van der Waals surface area contributed by atoms with Gasteiger partial charge >= 0.3 is 0 Å². The molecule has 0 atom stereocenters. The van der Waals surface area contributed by atoms with Gasteiger partial charge in [0.25, 0.3) is 0 Å².